The van der Waals surface area contributed by atoms with Crippen molar-refractivity contribution in [3.8, 4) is 0 Å². The Kier molecular flexibility index (Phi) is 11.1. The molecule has 12 nitrogen and oxygen atoms in total. The second-order valence-corrected chi connectivity index (χ2v) is 10.2. The number of carboxylic acid groups (broad SMARTS) is 1. The second kappa shape index (κ2) is 14.7. The quantitative estimate of drug-likeness (QED) is 0.235. The fourth-order valence-corrected chi connectivity index (χ4v) is 4.51. The average Bonchev–Trinajstić information content (AvgIpc) is 3.37. The molecule has 2 unspecified atom stereocenters. The first kappa shape index (κ1) is 30.9. The molecule has 218 valence electrons. The molecule has 0 saturated carbocycles. The zero-order valence-electron chi connectivity index (χ0n) is 23.0. The Morgan fingerprint density at radius 2 is 1.68 bits per heavy atom. The van der Waals surface area contributed by atoms with Crippen LogP contribution in [0.4, 0.5) is 4.79 Å². The molecule has 0 fully saturated rings. The number of benzene rings is 2. The summed E-state index contributed by atoms with van der Waals surface area (Å²) in [6, 6.07) is 16.6. The zero-order valence-corrected chi connectivity index (χ0v) is 23.0. The SMILES string of the molecule is CC(C)C(NC(=O)OCCc1ccccc1)C1=NOC(Cc2ccccc2)(C(=O)N[C@@H](CC(=O)O)C(=O)C[NH+]=[N-])C1. The topological polar surface area (TPSA) is 180 Å². The summed E-state index contributed by atoms with van der Waals surface area (Å²) in [5.74, 6) is -2.92. The molecule has 1 aliphatic rings. The molecule has 2 aromatic rings. The van der Waals surface area contributed by atoms with E-state index in [9.17, 15) is 24.3 Å². The van der Waals surface area contributed by atoms with Gasteiger partial charge in [0.15, 0.2) is 6.54 Å². The van der Waals surface area contributed by atoms with Crippen LogP contribution in [0.2, 0.25) is 0 Å². The van der Waals surface area contributed by atoms with Gasteiger partial charge in [-0.1, -0.05) is 79.7 Å². The normalized spacial score (nSPS) is 17.5. The summed E-state index contributed by atoms with van der Waals surface area (Å²) in [6.07, 6.45) is -0.756. The number of aliphatic carboxylic acids is 1. The molecule has 0 spiro atoms. The Morgan fingerprint density at radius 3 is 2.27 bits per heavy atom. The van der Waals surface area contributed by atoms with Gasteiger partial charge in [-0.05, 0) is 17.0 Å². The smallest absolute Gasteiger partial charge is 0.407 e. The lowest BCUT2D eigenvalue weighted by atomic mass is 9.84. The first-order valence-electron chi connectivity index (χ1n) is 13.3. The van der Waals surface area contributed by atoms with Crippen molar-refractivity contribution in [3.05, 3.63) is 77.3 Å². The van der Waals surface area contributed by atoms with E-state index < -0.39 is 54.4 Å². The molecule has 41 heavy (non-hydrogen) atoms. The molecule has 12 heteroatoms. The minimum absolute atomic E-state index is 0.0346. The number of carbonyl (C=O) groups is 4. The molecule has 0 aromatic heterocycles. The molecule has 0 radical (unpaired) electrons. The summed E-state index contributed by atoms with van der Waals surface area (Å²) < 4.78 is 5.38. The molecule has 3 rings (SSSR count). The molecule has 0 saturated heterocycles. The van der Waals surface area contributed by atoms with Gasteiger partial charge in [0.05, 0.1) is 24.8 Å². The van der Waals surface area contributed by atoms with E-state index in [1.165, 1.54) is 0 Å². The number of rotatable bonds is 15. The first-order valence-corrected chi connectivity index (χ1v) is 13.3. The molecular weight excluding hydrogens is 530 g/mol. The van der Waals surface area contributed by atoms with E-state index in [-0.39, 0.29) is 25.4 Å². The van der Waals surface area contributed by atoms with Crippen molar-refractivity contribution in [2.75, 3.05) is 13.2 Å². The van der Waals surface area contributed by atoms with Crippen molar-refractivity contribution in [2.45, 2.75) is 57.2 Å². The van der Waals surface area contributed by atoms with Crippen LogP contribution in [0.5, 0.6) is 0 Å². The minimum Gasteiger partial charge on any atom is -0.508 e. The lowest BCUT2D eigenvalue weighted by Gasteiger charge is -2.28. The van der Waals surface area contributed by atoms with Gasteiger partial charge >= 0.3 is 12.1 Å². The van der Waals surface area contributed by atoms with Gasteiger partial charge in [0.2, 0.25) is 11.4 Å². The van der Waals surface area contributed by atoms with Crippen LogP contribution in [0.3, 0.4) is 0 Å². The van der Waals surface area contributed by atoms with Crippen LogP contribution < -0.4 is 15.7 Å². The molecule has 2 aromatic carbocycles. The largest absolute Gasteiger partial charge is 0.508 e. The molecule has 2 amide bonds. The van der Waals surface area contributed by atoms with E-state index in [2.05, 4.69) is 15.8 Å². The maximum Gasteiger partial charge on any atom is 0.407 e. The number of alkyl carbamates (subject to hydrolysis) is 1. The van der Waals surface area contributed by atoms with Gasteiger partial charge in [-0.2, -0.15) is 0 Å². The van der Waals surface area contributed by atoms with Crippen LogP contribution in [0.15, 0.2) is 65.8 Å². The van der Waals surface area contributed by atoms with Crippen molar-refractivity contribution < 1.29 is 39.0 Å². The Bertz CT molecular complexity index is 1250. The molecule has 0 bridgehead atoms. The molecule has 0 aliphatic carbocycles. The number of hydrogen-bond acceptors (Lipinski definition) is 7. The predicted octanol–water partition coefficient (Wildman–Crippen LogP) is 1.37. The van der Waals surface area contributed by atoms with Crippen LogP contribution >= 0.6 is 0 Å². The van der Waals surface area contributed by atoms with E-state index in [4.69, 9.17) is 15.1 Å². The van der Waals surface area contributed by atoms with Gasteiger partial charge in [-0.3, -0.25) is 14.4 Å². The highest BCUT2D eigenvalue weighted by Gasteiger charge is 2.49. The number of Topliss-reactive ketones (excluding diaryl/α,β-unsaturated/α-hetero) is 1. The van der Waals surface area contributed by atoms with Crippen molar-refractivity contribution >= 4 is 29.5 Å². The summed E-state index contributed by atoms with van der Waals surface area (Å²) >= 11 is 0. The highest BCUT2D eigenvalue weighted by molar-refractivity contribution is 6.01. The number of carbonyl (C=O) groups excluding carboxylic acids is 3. The average molecular weight is 566 g/mol. The third-order valence-electron chi connectivity index (χ3n) is 6.64. The fourth-order valence-electron chi connectivity index (χ4n) is 4.51. The van der Waals surface area contributed by atoms with Crippen LogP contribution in [0, 0.1) is 5.92 Å². The van der Waals surface area contributed by atoms with Crippen molar-refractivity contribution in [1.82, 2.24) is 10.6 Å². The monoisotopic (exact) mass is 565 g/mol. The van der Waals surface area contributed by atoms with Gasteiger partial charge in [-0.15, -0.1) is 0 Å². The van der Waals surface area contributed by atoms with Gasteiger partial charge in [0.1, 0.15) is 6.04 Å². The molecule has 1 aliphatic heterocycles. The highest BCUT2D eigenvalue weighted by Crippen LogP contribution is 2.31. The Morgan fingerprint density at radius 1 is 1.05 bits per heavy atom. The van der Waals surface area contributed by atoms with E-state index >= 15 is 0 Å². The highest BCUT2D eigenvalue weighted by atomic mass is 16.7. The van der Waals surface area contributed by atoms with E-state index in [1.807, 2.05) is 50.2 Å². The summed E-state index contributed by atoms with van der Waals surface area (Å²) in [5.41, 5.74) is 9.47. The van der Waals surface area contributed by atoms with Crippen molar-refractivity contribution in [3.63, 3.8) is 0 Å². The molecular formula is C29H35N5O7. The van der Waals surface area contributed by atoms with Crippen molar-refractivity contribution in [1.29, 1.82) is 0 Å². The number of ketones is 1. The number of carboxylic acids is 1. The molecule has 3 atom stereocenters. The Balaban J connectivity index is 1.76. The maximum absolute atomic E-state index is 13.7. The summed E-state index contributed by atoms with van der Waals surface area (Å²) in [5, 5.41) is 20.4. The summed E-state index contributed by atoms with van der Waals surface area (Å²) in [6.45, 7) is 3.36. The standard InChI is InChI=1S/C29H35N5O7/c1-19(2)26(33-28(39)40-14-13-20-9-5-3-6-10-20)23-17-29(41-34-23,16-21-11-7-4-8-12-21)27(38)32-22(15-25(36)37)24(35)18-31-30/h3-12,19,22,26,31H,13-18H2,1-2H3,(H,32,38)(H,33,39)(H,36,37)/t22-,26?,29?/m0/s1. The number of ether oxygens (including phenoxy) is 1. The first-order chi connectivity index (χ1) is 19.6. The molecule has 4 N–H and O–H groups in total. The van der Waals surface area contributed by atoms with Crippen LogP contribution in [-0.2, 0) is 36.8 Å². The number of amides is 2. The lowest BCUT2D eigenvalue weighted by Crippen LogP contribution is -2.68. The number of oxime groups is 1. The Labute approximate surface area is 238 Å². The van der Waals surface area contributed by atoms with Crippen LogP contribution in [0.1, 0.15) is 37.8 Å². The van der Waals surface area contributed by atoms with E-state index in [0.29, 0.717) is 12.1 Å². The third kappa shape index (κ3) is 8.95. The molecule has 1 heterocycles. The third-order valence-corrected chi connectivity index (χ3v) is 6.64. The lowest BCUT2D eigenvalue weighted by molar-refractivity contribution is -0.467. The van der Waals surface area contributed by atoms with Crippen LogP contribution in [-0.4, -0.2) is 65.4 Å². The zero-order chi connectivity index (χ0) is 29.8. The maximum atomic E-state index is 13.7. The summed E-state index contributed by atoms with van der Waals surface area (Å²) in [7, 11) is 0. The minimum atomic E-state index is -1.62. The van der Waals surface area contributed by atoms with Crippen molar-refractivity contribution in [2.24, 2.45) is 11.1 Å². The van der Waals surface area contributed by atoms with E-state index in [1.54, 1.807) is 29.4 Å². The second-order valence-electron chi connectivity index (χ2n) is 10.2. The summed E-state index contributed by atoms with van der Waals surface area (Å²) in [4.78, 5) is 55.9. The number of nitrogens with one attached hydrogen (secondary N) is 3. The van der Waals surface area contributed by atoms with Gasteiger partial charge in [0.25, 0.3) is 5.91 Å². The fraction of sp³-hybridized carbons (Fsp3) is 0.414. The predicted molar refractivity (Wildman–Crippen MR) is 148 cm³/mol. The van der Waals surface area contributed by atoms with Gasteiger partial charge in [0, 0.05) is 19.3 Å². The Hall–Kier alpha value is -4.61. The van der Waals surface area contributed by atoms with Gasteiger partial charge in [-0.25, -0.2) is 4.79 Å². The van der Waals surface area contributed by atoms with Crippen LogP contribution in [0.25, 0.3) is 5.53 Å². The van der Waals surface area contributed by atoms with Gasteiger partial charge < -0.3 is 36.0 Å². The number of hydrogen-bond donors (Lipinski definition) is 4. The van der Waals surface area contributed by atoms with E-state index in [0.717, 1.165) is 11.1 Å². The number of nitrogens with zero attached hydrogens (tertiary/aromatic N) is 2.